The van der Waals surface area contributed by atoms with Gasteiger partial charge in [-0.05, 0) is 33.1 Å². The molecule has 1 aromatic heterocycles. The summed E-state index contributed by atoms with van der Waals surface area (Å²) in [4.78, 5) is 29.5. The van der Waals surface area contributed by atoms with Gasteiger partial charge in [0, 0.05) is 11.1 Å². The molecule has 0 unspecified atom stereocenters. The number of nitrogens with one attached hydrogen (secondary N) is 2. The zero-order valence-electron chi connectivity index (χ0n) is 14.2. The Morgan fingerprint density at radius 3 is 2.23 bits per heavy atom. The monoisotopic (exact) mass is 327 g/mol. The Labute approximate surface area is 135 Å². The van der Waals surface area contributed by atoms with Crippen molar-refractivity contribution in [1.82, 2.24) is 10.3 Å². The molecular formula is C15H25N3O3S. The first-order valence-electron chi connectivity index (χ1n) is 7.11. The Hall–Kier alpha value is -1.63. The minimum Gasteiger partial charge on any atom is -0.444 e. The summed E-state index contributed by atoms with van der Waals surface area (Å²) in [6.07, 6.45) is 1.08. The van der Waals surface area contributed by atoms with Crippen LogP contribution in [0.3, 0.4) is 0 Å². The highest BCUT2D eigenvalue weighted by Gasteiger charge is 2.34. The normalized spacial score (nSPS) is 13.4. The van der Waals surface area contributed by atoms with E-state index in [0.717, 1.165) is 4.88 Å². The molecule has 2 N–H and O–H groups in total. The van der Waals surface area contributed by atoms with Gasteiger partial charge < -0.3 is 15.4 Å². The van der Waals surface area contributed by atoms with Crippen molar-refractivity contribution in [2.75, 3.05) is 5.32 Å². The molecule has 0 saturated carbocycles. The van der Waals surface area contributed by atoms with E-state index in [9.17, 15) is 9.59 Å². The van der Waals surface area contributed by atoms with Gasteiger partial charge in [0.2, 0.25) is 5.91 Å². The molecule has 124 valence electrons. The molecule has 0 aliphatic heterocycles. The first-order chi connectivity index (χ1) is 9.88. The van der Waals surface area contributed by atoms with E-state index in [1.54, 1.807) is 27.0 Å². The van der Waals surface area contributed by atoms with E-state index in [1.807, 2.05) is 27.7 Å². The average molecular weight is 327 g/mol. The van der Waals surface area contributed by atoms with Crippen LogP contribution in [0, 0.1) is 12.3 Å². The summed E-state index contributed by atoms with van der Waals surface area (Å²) in [5.41, 5.74) is -1.08. The predicted octanol–water partition coefficient (Wildman–Crippen LogP) is 3.33. The lowest BCUT2D eigenvalue weighted by atomic mass is 9.86. The standard InChI is InChI=1S/C15H25N3O3S/c1-9-8-16-12(22-9)18-11(19)10(14(2,3)4)17-13(20)21-15(5,6)7/h8,10H,1-7H3,(H,17,20)(H,16,18,19)/t10-/m1/s1. The van der Waals surface area contributed by atoms with Crippen LogP contribution in [0.25, 0.3) is 0 Å². The van der Waals surface area contributed by atoms with Crippen molar-refractivity contribution in [2.45, 2.75) is 60.1 Å². The fraction of sp³-hybridized carbons (Fsp3) is 0.667. The predicted molar refractivity (Wildman–Crippen MR) is 88.1 cm³/mol. The maximum atomic E-state index is 12.5. The van der Waals surface area contributed by atoms with Gasteiger partial charge in [0.15, 0.2) is 5.13 Å². The van der Waals surface area contributed by atoms with Crippen LogP contribution in [0.2, 0.25) is 0 Å². The van der Waals surface area contributed by atoms with Crippen LogP contribution >= 0.6 is 11.3 Å². The van der Waals surface area contributed by atoms with Crippen LogP contribution in [0.5, 0.6) is 0 Å². The zero-order valence-corrected chi connectivity index (χ0v) is 15.1. The van der Waals surface area contributed by atoms with E-state index in [0.29, 0.717) is 5.13 Å². The zero-order chi connectivity index (χ0) is 17.1. The number of carbonyl (C=O) groups excluding carboxylic acids is 2. The fourth-order valence-corrected chi connectivity index (χ4v) is 2.36. The largest absolute Gasteiger partial charge is 0.444 e. The number of carbonyl (C=O) groups is 2. The van der Waals surface area contributed by atoms with Crippen molar-refractivity contribution in [1.29, 1.82) is 0 Å². The quantitative estimate of drug-likeness (QED) is 0.892. The van der Waals surface area contributed by atoms with E-state index in [-0.39, 0.29) is 5.91 Å². The van der Waals surface area contributed by atoms with Gasteiger partial charge in [-0.25, -0.2) is 9.78 Å². The molecule has 1 heterocycles. The molecule has 0 bridgehead atoms. The number of amides is 2. The maximum absolute atomic E-state index is 12.5. The minimum atomic E-state index is -0.730. The van der Waals surface area contributed by atoms with Gasteiger partial charge >= 0.3 is 6.09 Å². The lowest BCUT2D eigenvalue weighted by Crippen LogP contribution is -2.52. The van der Waals surface area contributed by atoms with Crippen molar-refractivity contribution in [3.05, 3.63) is 11.1 Å². The number of hydrogen-bond donors (Lipinski definition) is 2. The SMILES string of the molecule is Cc1cnc(NC(=O)[C@@H](NC(=O)OC(C)(C)C)C(C)(C)C)s1. The van der Waals surface area contributed by atoms with E-state index < -0.39 is 23.2 Å². The molecule has 0 saturated heterocycles. The molecule has 1 rings (SSSR count). The third-order valence-electron chi connectivity index (χ3n) is 2.64. The van der Waals surface area contributed by atoms with Crippen molar-refractivity contribution in [3.63, 3.8) is 0 Å². The summed E-state index contributed by atoms with van der Waals surface area (Å²) in [5, 5.41) is 5.90. The molecule has 1 aromatic rings. The molecule has 0 fully saturated rings. The molecule has 0 spiro atoms. The van der Waals surface area contributed by atoms with Crippen molar-refractivity contribution < 1.29 is 14.3 Å². The number of thiazole rings is 1. The summed E-state index contributed by atoms with van der Waals surface area (Å²) in [6, 6.07) is -0.730. The Bertz CT molecular complexity index is 541. The van der Waals surface area contributed by atoms with Crippen molar-refractivity contribution in [2.24, 2.45) is 5.41 Å². The molecule has 0 aliphatic carbocycles. The number of nitrogens with zero attached hydrogens (tertiary/aromatic N) is 1. The average Bonchev–Trinajstić information content (AvgIpc) is 2.67. The van der Waals surface area contributed by atoms with Crippen LogP contribution in [0.1, 0.15) is 46.4 Å². The van der Waals surface area contributed by atoms with E-state index >= 15 is 0 Å². The van der Waals surface area contributed by atoms with Gasteiger partial charge in [-0.15, -0.1) is 11.3 Å². The first kappa shape index (κ1) is 18.4. The number of anilines is 1. The van der Waals surface area contributed by atoms with Crippen LogP contribution in [-0.2, 0) is 9.53 Å². The van der Waals surface area contributed by atoms with Crippen LogP contribution in [-0.4, -0.2) is 28.6 Å². The van der Waals surface area contributed by atoms with Crippen LogP contribution in [0.4, 0.5) is 9.93 Å². The van der Waals surface area contributed by atoms with Crippen LogP contribution in [0.15, 0.2) is 6.20 Å². The lowest BCUT2D eigenvalue weighted by molar-refractivity contribution is -0.120. The number of ether oxygens (including phenoxy) is 1. The van der Waals surface area contributed by atoms with Gasteiger partial charge in [-0.3, -0.25) is 4.79 Å². The molecule has 6 nitrogen and oxygen atoms in total. The number of aromatic nitrogens is 1. The molecule has 22 heavy (non-hydrogen) atoms. The third-order valence-corrected chi connectivity index (χ3v) is 3.47. The van der Waals surface area contributed by atoms with Gasteiger partial charge in [0.25, 0.3) is 0 Å². The highest BCUT2D eigenvalue weighted by atomic mass is 32.1. The molecule has 1 atom stereocenters. The highest BCUT2D eigenvalue weighted by molar-refractivity contribution is 7.15. The second-order valence-corrected chi connectivity index (χ2v) is 8.45. The number of hydrogen-bond acceptors (Lipinski definition) is 5. The van der Waals surface area contributed by atoms with Gasteiger partial charge in [-0.2, -0.15) is 0 Å². The first-order valence-corrected chi connectivity index (χ1v) is 7.93. The second-order valence-electron chi connectivity index (χ2n) is 7.21. The van der Waals surface area contributed by atoms with Crippen molar-refractivity contribution in [3.8, 4) is 0 Å². The summed E-state index contributed by atoms with van der Waals surface area (Å²) in [7, 11) is 0. The van der Waals surface area contributed by atoms with Crippen LogP contribution < -0.4 is 10.6 Å². The maximum Gasteiger partial charge on any atom is 0.408 e. The smallest absolute Gasteiger partial charge is 0.408 e. The Balaban J connectivity index is 2.80. The Kier molecular flexibility index (Phi) is 5.56. The van der Waals surface area contributed by atoms with Gasteiger partial charge in [0.05, 0.1) is 0 Å². The van der Waals surface area contributed by atoms with Gasteiger partial charge in [0.1, 0.15) is 11.6 Å². The molecule has 0 aliphatic rings. The van der Waals surface area contributed by atoms with Crippen molar-refractivity contribution >= 4 is 28.5 Å². The Morgan fingerprint density at radius 1 is 1.23 bits per heavy atom. The van der Waals surface area contributed by atoms with E-state index in [1.165, 1.54) is 11.3 Å². The second kappa shape index (κ2) is 6.64. The number of rotatable bonds is 3. The van der Waals surface area contributed by atoms with E-state index in [2.05, 4.69) is 15.6 Å². The molecule has 0 radical (unpaired) electrons. The van der Waals surface area contributed by atoms with E-state index in [4.69, 9.17) is 4.74 Å². The summed E-state index contributed by atoms with van der Waals surface area (Å²) in [5.74, 6) is -0.312. The summed E-state index contributed by atoms with van der Waals surface area (Å²) >= 11 is 1.39. The fourth-order valence-electron chi connectivity index (χ4n) is 1.69. The molecule has 2 amide bonds. The number of alkyl carbamates (subject to hydrolysis) is 1. The minimum absolute atomic E-state index is 0.312. The summed E-state index contributed by atoms with van der Waals surface area (Å²) in [6.45, 7) is 12.9. The number of aryl methyl sites for hydroxylation is 1. The molecule has 0 aromatic carbocycles. The Morgan fingerprint density at radius 2 is 1.82 bits per heavy atom. The lowest BCUT2D eigenvalue weighted by Gasteiger charge is -2.31. The topological polar surface area (TPSA) is 80.3 Å². The third kappa shape index (κ3) is 6.01. The highest BCUT2D eigenvalue weighted by Crippen LogP contribution is 2.23. The summed E-state index contributed by atoms with van der Waals surface area (Å²) < 4.78 is 5.22. The molecule has 7 heteroatoms. The molecular weight excluding hydrogens is 302 g/mol. The van der Waals surface area contributed by atoms with Gasteiger partial charge in [-0.1, -0.05) is 20.8 Å².